The molecule has 0 aliphatic heterocycles. The lowest BCUT2D eigenvalue weighted by molar-refractivity contribution is -0.127. The first kappa shape index (κ1) is 15.9. The zero-order valence-corrected chi connectivity index (χ0v) is 15.0. The monoisotopic (exact) mass is 316 g/mol. The molecule has 0 amide bonds. The summed E-state index contributed by atoms with van der Waals surface area (Å²) in [7, 11) is 0. The average Bonchev–Trinajstić information content (AvgIpc) is 2.85. The molecule has 128 valence electrons. The second kappa shape index (κ2) is 5.18. The van der Waals surface area contributed by atoms with Crippen LogP contribution in [0.1, 0.15) is 72.1 Å². The third-order valence-corrected chi connectivity index (χ3v) is 8.57. The molecule has 4 rings (SSSR count). The van der Waals surface area contributed by atoms with Crippen molar-refractivity contribution in [2.75, 3.05) is 0 Å². The van der Waals surface area contributed by atoms with E-state index in [4.69, 9.17) is 0 Å². The van der Waals surface area contributed by atoms with Crippen molar-refractivity contribution in [2.45, 2.75) is 78.2 Å². The van der Waals surface area contributed by atoms with Gasteiger partial charge in [0.2, 0.25) is 0 Å². The highest BCUT2D eigenvalue weighted by atomic mass is 16.3. The van der Waals surface area contributed by atoms with Gasteiger partial charge in [0.25, 0.3) is 0 Å². The van der Waals surface area contributed by atoms with Gasteiger partial charge in [-0.1, -0.05) is 25.5 Å². The second-order valence-corrected chi connectivity index (χ2v) is 9.44. The average molecular weight is 316 g/mol. The minimum absolute atomic E-state index is 0.117. The first-order valence-corrected chi connectivity index (χ1v) is 9.74. The number of hydrogen-bond donors (Lipinski definition) is 1. The molecule has 1 N–H and O–H groups in total. The maximum atomic E-state index is 12.2. The molecule has 4 unspecified atom stereocenters. The van der Waals surface area contributed by atoms with Crippen molar-refractivity contribution in [3.63, 3.8) is 0 Å². The fourth-order valence-electron chi connectivity index (χ4n) is 7.31. The number of allylic oxidation sites excluding steroid dienone is 1. The molecule has 23 heavy (non-hydrogen) atoms. The molecular weight excluding hydrogens is 284 g/mol. The summed E-state index contributed by atoms with van der Waals surface area (Å²) in [6.45, 7) is 6.70. The summed E-state index contributed by atoms with van der Waals surface area (Å²) in [6, 6.07) is 0. The Hall–Kier alpha value is -0.630. The molecule has 7 atom stereocenters. The van der Waals surface area contributed by atoms with E-state index in [1.165, 1.54) is 25.7 Å². The number of carbonyl (C=O) groups excluding carboxylic acids is 1. The molecule has 0 aromatic rings. The minimum Gasteiger partial charge on any atom is -0.393 e. The topological polar surface area (TPSA) is 37.3 Å². The van der Waals surface area contributed by atoms with Gasteiger partial charge < -0.3 is 5.11 Å². The molecule has 4 aliphatic rings. The number of Topliss-reactive ketones (excluding diaryl/α,β-unsaturated/α-hetero) is 1. The van der Waals surface area contributed by atoms with Crippen molar-refractivity contribution in [1.82, 2.24) is 0 Å². The lowest BCUT2D eigenvalue weighted by Gasteiger charge is -2.57. The number of aliphatic hydroxyl groups is 1. The Morgan fingerprint density at radius 1 is 1.13 bits per heavy atom. The fourth-order valence-corrected chi connectivity index (χ4v) is 7.31. The quantitative estimate of drug-likeness (QED) is 0.722. The van der Waals surface area contributed by atoms with Gasteiger partial charge in [0.15, 0.2) is 0 Å². The molecular formula is C21H32O2. The first-order valence-electron chi connectivity index (χ1n) is 9.74. The van der Waals surface area contributed by atoms with E-state index >= 15 is 0 Å². The molecule has 2 heteroatoms. The van der Waals surface area contributed by atoms with E-state index in [1.54, 1.807) is 5.57 Å². The molecule has 0 bridgehead atoms. The van der Waals surface area contributed by atoms with E-state index in [9.17, 15) is 9.90 Å². The summed E-state index contributed by atoms with van der Waals surface area (Å²) in [4.78, 5) is 12.2. The van der Waals surface area contributed by atoms with Crippen molar-refractivity contribution < 1.29 is 9.90 Å². The number of carbonyl (C=O) groups is 1. The van der Waals surface area contributed by atoms with Gasteiger partial charge in [-0.25, -0.2) is 0 Å². The van der Waals surface area contributed by atoms with Crippen LogP contribution in [-0.4, -0.2) is 17.0 Å². The van der Waals surface area contributed by atoms with Crippen LogP contribution in [0.25, 0.3) is 0 Å². The van der Waals surface area contributed by atoms with Crippen molar-refractivity contribution in [1.29, 1.82) is 0 Å². The number of ketones is 1. The number of fused-ring (bicyclic) bond motifs is 5. The third kappa shape index (κ3) is 2.13. The Labute approximate surface area is 140 Å². The molecule has 4 aliphatic carbocycles. The summed E-state index contributed by atoms with van der Waals surface area (Å²) >= 11 is 0. The highest BCUT2D eigenvalue weighted by Gasteiger charge is 2.59. The molecule has 0 radical (unpaired) electrons. The van der Waals surface area contributed by atoms with E-state index in [2.05, 4.69) is 19.9 Å². The Balaban J connectivity index is 1.66. The van der Waals surface area contributed by atoms with E-state index in [1.807, 2.05) is 6.92 Å². The third-order valence-electron chi connectivity index (χ3n) is 8.57. The van der Waals surface area contributed by atoms with Crippen LogP contribution in [0, 0.1) is 34.5 Å². The smallest absolute Gasteiger partial charge is 0.133 e. The van der Waals surface area contributed by atoms with Crippen molar-refractivity contribution in [2.24, 2.45) is 34.5 Å². The predicted molar refractivity (Wildman–Crippen MR) is 91.9 cm³/mol. The zero-order chi connectivity index (χ0) is 16.4. The van der Waals surface area contributed by atoms with Crippen LogP contribution >= 0.6 is 0 Å². The molecule has 3 saturated carbocycles. The Kier molecular flexibility index (Phi) is 3.58. The summed E-state index contributed by atoms with van der Waals surface area (Å²) < 4.78 is 0. The second-order valence-electron chi connectivity index (χ2n) is 9.44. The van der Waals surface area contributed by atoms with Crippen LogP contribution in [0.4, 0.5) is 0 Å². The molecule has 0 aromatic carbocycles. The summed E-state index contributed by atoms with van der Waals surface area (Å²) in [5, 5.41) is 10.1. The van der Waals surface area contributed by atoms with Crippen molar-refractivity contribution in [3.05, 3.63) is 11.6 Å². The lowest BCUT2D eigenvalue weighted by atomic mass is 9.47. The van der Waals surface area contributed by atoms with Crippen molar-refractivity contribution in [3.8, 4) is 0 Å². The summed E-state index contributed by atoms with van der Waals surface area (Å²) in [6.07, 6.45) is 11.5. The molecule has 0 heterocycles. The maximum Gasteiger partial charge on any atom is 0.133 e. The standard InChI is InChI=1S/C21H32O2/c1-13(22)17-6-7-18-16-5-4-14-12-15(23)8-10-20(14,2)19(16)9-11-21(17,18)3/h4,15-19,23H,5-12H2,1-3H3/t15?,16?,17-,18?,19?,20+,21-/m1/s1. The van der Waals surface area contributed by atoms with E-state index < -0.39 is 0 Å². The number of rotatable bonds is 1. The van der Waals surface area contributed by atoms with Crippen LogP contribution in [-0.2, 0) is 4.79 Å². The van der Waals surface area contributed by atoms with Gasteiger partial charge in [-0.2, -0.15) is 0 Å². The fraction of sp³-hybridized carbons (Fsp3) is 0.857. The predicted octanol–water partition coefficient (Wildman–Crippen LogP) is 4.52. The van der Waals surface area contributed by atoms with Gasteiger partial charge in [-0.05, 0) is 86.9 Å². The normalized spacial score (nSPS) is 52.2. The number of aliphatic hydroxyl groups excluding tert-OH is 1. The van der Waals surface area contributed by atoms with E-state index in [-0.39, 0.29) is 11.5 Å². The zero-order valence-electron chi connectivity index (χ0n) is 15.0. The van der Waals surface area contributed by atoms with E-state index in [0.29, 0.717) is 17.1 Å². The van der Waals surface area contributed by atoms with Gasteiger partial charge in [0.1, 0.15) is 5.78 Å². The van der Waals surface area contributed by atoms with Gasteiger partial charge in [0.05, 0.1) is 6.10 Å². The Morgan fingerprint density at radius 2 is 1.91 bits per heavy atom. The Morgan fingerprint density at radius 3 is 2.65 bits per heavy atom. The van der Waals surface area contributed by atoms with Crippen LogP contribution in [0.2, 0.25) is 0 Å². The summed E-state index contributed by atoms with van der Waals surface area (Å²) in [5.41, 5.74) is 2.11. The highest BCUT2D eigenvalue weighted by Crippen LogP contribution is 2.66. The minimum atomic E-state index is -0.117. The Bertz CT molecular complexity index is 550. The molecule has 0 saturated heterocycles. The largest absolute Gasteiger partial charge is 0.393 e. The number of hydrogen-bond acceptors (Lipinski definition) is 2. The maximum absolute atomic E-state index is 12.2. The molecule has 0 aromatic heterocycles. The van der Waals surface area contributed by atoms with Crippen LogP contribution in [0.3, 0.4) is 0 Å². The van der Waals surface area contributed by atoms with Crippen LogP contribution < -0.4 is 0 Å². The van der Waals surface area contributed by atoms with Gasteiger partial charge in [-0.3, -0.25) is 4.79 Å². The van der Waals surface area contributed by atoms with Crippen LogP contribution in [0.5, 0.6) is 0 Å². The SMILES string of the molecule is CC(=O)[C@H]1CCC2C3CC=C4CC(O)CC[C@]4(C)C3CC[C@@]21C. The van der Waals surface area contributed by atoms with Gasteiger partial charge in [0, 0.05) is 5.92 Å². The van der Waals surface area contributed by atoms with Crippen LogP contribution in [0.15, 0.2) is 11.6 Å². The molecule has 3 fully saturated rings. The van der Waals surface area contributed by atoms with Gasteiger partial charge in [-0.15, -0.1) is 0 Å². The van der Waals surface area contributed by atoms with Crippen molar-refractivity contribution >= 4 is 5.78 Å². The molecule has 2 nitrogen and oxygen atoms in total. The summed E-state index contributed by atoms with van der Waals surface area (Å²) in [5.74, 6) is 3.00. The highest BCUT2D eigenvalue weighted by molar-refractivity contribution is 5.79. The van der Waals surface area contributed by atoms with Gasteiger partial charge >= 0.3 is 0 Å². The molecule has 0 spiro atoms. The van der Waals surface area contributed by atoms with E-state index in [0.717, 1.165) is 43.4 Å². The first-order chi connectivity index (χ1) is 10.9. The lowest BCUT2D eigenvalue weighted by Crippen LogP contribution is -2.50.